The van der Waals surface area contributed by atoms with Crippen molar-refractivity contribution in [2.24, 2.45) is 5.92 Å². The average Bonchev–Trinajstić information content (AvgIpc) is 2.82. The molecule has 27 heavy (non-hydrogen) atoms. The fraction of sp³-hybridized carbons (Fsp3) is 0.235. The van der Waals surface area contributed by atoms with E-state index >= 15 is 0 Å². The predicted octanol–water partition coefficient (Wildman–Crippen LogP) is 4.03. The van der Waals surface area contributed by atoms with Gasteiger partial charge in [-0.15, -0.1) is 0 Å². The number of thioether (sulfide) groups is 1. The zero-order chi connectivity index (χ0) is 20.3. The maximum Gasteiger partial charge on any atom is 0.327 e. The van der Waals surface area contributed by atoms with Crippen LogP contribution >= 0.6 is 35.6 Å². The smallest absolute Gasteiger partial charge is 0.327 e. The van der Waals surface area contributed by atoms with E-state index < -0.39 is 22.8 Å². The molecule has 1 atom stereocenters. The second-order valence-electron chi connectivity index (χ2n) is 5.96. The number of aliphatic carboxylic acids is 1. The van der Waals surface area contributed by atoms with Gasteiger partial charge >= 0.3 is 5.97 Å². The van der Waals surface area contributed by atoms with Crippen LogP contribution in [0.5, 0.6) is 0 Å². The maximum absolute atomic E-state index is 12.6. The van der Waals surface area contributed by atoms with Crippen LogP contribution in [0.2, 0.25) is 0 Å². The lowest BCUT2D eigenvalue weighted by molar-refractivity contribution is -0.384. The van der Waals surface area contributed by atoms with Crippen LogP contribution < -0.4 is 0 Å². The lowest BCUT2D eigenvalue weighted by Crippen LogP contribution is -2.47. The summed E-state index contributed by atoms with van der Waals surface area (Å²) in [6, 6.07) is 4.68. The first kappa shape index (κ1) is 21.1. The molecule has 1 N–H and O–H groups in total. The van der Waals surface area contributed by atoms with Crippen molar-refractivity contribution >= 4 is 63.5 Å². The number of hydrogen-bond acceptors (Lipinski definition) is 6. The van der Waals surface area contributed by atoms with Gasteiger partial charge in [0.1, 0.15) is 10.4 Å². The zero-order valence-electron chi connectivity index (χ0n) is 14.3. The molecule has 1 amide bonds. The van der Waals surface area contributed by atoms with Crippen molar-refractivity contribution in [3.63, 3.8) is 0 Å². The second-order valence-corrected chi connectivity index (χ2v) is 8.07. The number of halogens is 1. The maximum atomic E-state index is 12.6. The first-order chi connectivity index (χ1) is 12.6. The summed E-state index contributed by atoms with van der Waals surface area (Å²) in [5.41, 5.74) is 0.570. The highest BCUT2D eigenvalue weighted by Gasteiger charge is 2.41. The zero-order valence-corrected chi connectivity index (χ0v) is 16.7. The minimum Gasteiger partial charge on any atom is -0.480 e. The molecule has 0 radical (unpaired) electrons. The molecule has 0 aliphatic carbocycles. The summed E-state index contributed by atoms with van der Waals surface area (Å²) in [7, 11) is 0. The van der Waals surface area contributed by atoms with Gasteiger partial charge in [-0.1, -0.05) is 49.4 Å². The molecule has 0 saturated carbocycles. The molecular formula is C17H15ClN2O5S2. The number of carboxylic acid groups (broad SMARTS) is 1. The van der Waals surface area contributed by atoms with Crippen molar-refractivity contribution in [1.82, 2.24) is 4.90 Å². The average molecular weight is 427 g/mol. The van der Waals surface area contributed by atoms with E-state index in [2.05, 4.69) is 0 Å². The van der Waals surface area contributed by atoms with Gasteiger partial charge in [-0.3, -0.25) is 19.8 Å². The Kier molecular flexibility index (Phi) is 6.74. The largest absolute Gasteiger partial charge is 0.480 e. The number of allylic oxidation sites excluding steroid dienone is 2. The molecule has 1 aromatic carbocycles. The number of rotatable bonds is 6. The number of carbonyl (C=O) groups is 2. The Morgan fingerprint density at radius 2 is 1.96 bits per heavy atom. The van der Waals surface area contributed by atoms with Gasteiger partial charge in [0.25, 0.3) is 11.6 Å². The Morgan fingerprint density at radius 3 is 2.44 bits per heavy atom. The molecule has 0 spiro atoms. The number of carbonyl (C=O) groups excluding carboxylic acids is 1. The van der Waals surface area contributed by atoms with Gasteiger partial charge in [0.05, 0.1) is 9.83 Å². The fourth-order valence-corrected chi connectivity index (χ4v) is 4.05. The van der Waals surface area contributed by atoms with E-state index in [1.54, 1.807) is 13.8 Å². The van der Waals surface area contributed by atoms with Crippen LogP contribution in [0, 0.1) is 16.0 Å². The molecule has 1 heterocycles. The van der Waals surface area contributed by atoms with Gasteiger partial charge < -0.3 is 5.11 Å². The first-order valence-electron chi connectivity index (χ1n) is 7.73. The monoisotopic (exact) mass is 426 g/mol. The molecule has 1 unspecified atom stereocenters. The van der Waals surface area contributed by atoms with Crippen molar-refractivity contribution in [1.29, 1.82) is 0 Å². The highest BCUT2D eigenvalue weighted by atomic mass is 35.5. The topological polar surface area (TPSA) is 101 Å². The molecule has 0 aromatic heterocycles. The summed E-state index contributed by atoms with van der Waals surface area (Å²) in [6.45, 7) is 3.39. The van der Waals surface area contributed by atoms with Crippen LogP contribution in [0.1, 0.15) is 19.4 Å². The number of nitro groups is 1. The molecule has 7 nitrogen and oxygen atoms in total. The van der Waals surface area contributed by atoms with Crippen molar-refractivity contribution in [3.05, 3.63) is 56.0 Å². The van der Waals surface area contributed by atoms with Crippen molar-refractivity contribution in [2.75, 3.05) is 0 Å². The van der Waals surface area contributed by atoms with Crippen LogP contribution in [0.25, 0.3) is 6.08 Å². The number of benzene rings is 1. The summed E-state index contributed by atoms with van der Waals surface area (Å²) in [4.78, 5) is 35.6. The SMILES string of the molecule is CC(C)C(C(=O)O)N1C(=O)C(=CC(Cl)=Cc2ccc([N+](=O)[O-])cc2)SC1=S. The summed E-state index contributed by atoms with van der Waals surface area (Å²) in [6.07, 6.45) is 2.94. The van der Waals surface area contributed by atoms with E-state index in [9.17, 15) is 24.8 Å². The molecule has 2 rings (SSSR count). The van der Waals surface area contributed by atoms with Gasteiger partial charge in [-0.05, 0) is 35.8 Å². The van der Waals surface area contributed by atoms with Crippen LogP contribution in [0.4, 0.5) is 5.69 Å². The lowest BCUT2D eigenvalue weighted by atomic mass is 10.0. The van der Waals surface area contributed by atoms with Crippen molar-refractivity contribution < 1.29 is 19.6 Å². The van der Waals surface area contributed by atoms with Gasteiger partial charge in [-0.25, -0.2) is 4.79 Å². The number of hydrogen-bond donors (Lipinski definition) is 1. The third-order valence-corrected chi connectivity index (χ3v) is 5.21. The molecule has 1 aliphatic rings. The van der Waals surface area contributed by atoms with Crippen LogP contribution in [0.3, 0.4) is 0 Å². The minimum atomic E-state index is -1.13. The Hall–Kier alpha value is -2.23. The highest BCUT2D eigenvalue weighted by molar-refractivity contribution is 8.26. The van der Waals surface area contributed by atoms with Crippen LogP contribution in [0.15, 0.2) is 40.3 Å². The molecule has 1 saturated heterocycles. The Morgan fingerprint density at radius 1 is 1.37 bits per heavy atom. The summed E-state index contributed by atoms with van der Waals surface area (Å²) < 4.78 is 0.159. The number of carboxylic acids is 1. The first-order valence-corrected chi connectivity index (χ1v) is 9.33. The number of thiocarbonyl (C=S) groups is 1. The van der Waals surface area contributed by atoms with Gasteiger partial charge in [0.2, 0.25) is 0 Å². The van der Waals surface area contributed by atoms with Crippen molar-refractivity contribution in [2.45, 2.75) is 19.9 Å². The Bertz CT molecular complexity index is 865. The van der Waals surface area contributed by atoms with E-state index in [0.717, 1.165) is 16.7 Å². The van der Waals surface area contributed by atoms with Crippen molar-refractivity contribution in [3.8, 4) is 0 Å². The summed E-state index contributed by atoms with van der Waals surface area (Å²) in [5, 5.41) is 20.3. The predicted molar refractivity (Wildman–Crippen MR) is 108 cm³/mol. The van der Waals surface area contributed by atoms with Gasteiger partial charge in [-0.2, -0.15) is 0 Å². The molecule has 1 fully saturated rings. The molecule has 1 aromatic rings. The number of amides is 1. The molecule has 142 valence electrons. The highest BCUT2D eigenvalue weighted by Crippen LogP contribution is 2.35. The summed E-state index contributed by atoms with van der Waals surface area (Å²) in [5.74, 6) is -1.97. The standard InChI is InChI=1S/C17H15ClN2O5S2/c1-9(2)14(16(22)23)19-15(21)13(27-17(19)26)8-11(18)7-10-3-5-12(6-4-10)20(24)25/h3-9,14H,1-2H3,(H,22,23). The van der Waals surface area contributed by atoms with Gasteiger partial charge in [0, 0.05) is 17.2 Å². The van der Waals surface area contributed by atoms with E-state index in [4.69, 9.17) is 23.8 Å². The molecular weight excluding hydrogens is 412 g/mol. The normalized spacial score (nSPS) is 17.7. The minimum absolute atomic E-state index is 0.0439. The molecule has 1 aliphatic heterocycles. The lowest BCUT2D eigenvalue weighted by Gasteiger charge is -2.26. The second kappa shape index (κ2) is 8.64. The van der Waals surface area contributed by atoms with E-state index in [0.29, 0.717) is 5.56 Å². The summed E-state index contributed by atoms with van der Waals surface area (Å²) >= 11 is 12.3. The Labute approximate surface area is 169 Å². The fourth-order valence-electron chi connectivity index (χ4n) is 2.43. The third kappa shape index (κ3) is 4.94. The van der Waals surface area contributed by atoms with Gasteiger partial charge in [0.15, 0.2) is 0 Å². The molecule has 0 bridgehead atoms. The van der Waals surface area contributed by atoms with E-state index in [-0.39, 0.29) is 25.9 Å². The quantitative estimate of drug-likeness (QED) is 0.317. The number of nitro benzene ring substituents is 1. The number of non-ortho nitro benzene ring substituents is 1. The van der Waals surface area contributed by atoms with Crippen LogP contribution in [-0.2, 0) is 9.59 Å². The van der Waals surface area contributed by atoms with E-state index in [1.165, 1.54) is 36.4 Å². The number of nitrogens with zero attached hydrogens (tertiary/aromatic N) is 2. The molecule has 10 heteroatoms. The van der Waals surface area contributed by atoms with E-state index in [1.807, 2.05) is 0 Å². The third-order valence-electron chi connectivity index (χ3n) is 3.66. The Balaban J connectivity index is 2.25. The van der Waals surface area contributed by atoms with Crippen LogP contribution in [-0.4, -0.2) is 37.2 Å².